The van der Waals surface area contributed by atoms with Crippen LogP contribution >= 0.6 is 11.6 Å². The SMILES string of the molecule is Cc1ccc([C@H]2CCNC[C@H]2C)c(Cl)c1. The van der Waals surface area contributed by atoms with E-state index in [9.17, 15) is 0 Å². The van der Waals surface area contributed by atoms with Gasteiger partial charge in [0, 0.05) is 5.02 Å². The average Bonchev–Trinajstić information content (AvgIpc) is 2.20. The summed E-state index contributed by atoms with van der Waals surface area (Å²) in [7, 11) is 0. The monoisotopic (exact) mass is 223 g/mol. The van der Waals surface area contributed by atoms with Crippen molar-refractivity contribution in [3.05, 3.63) is 34.3 Å². The van der Waals surface area contributed by atoms with Gasteiger partial charge in [0.15, 0.2) is 0 Å². The highest BCUT2D eigenvalue weighted by molar-refractivity contribution is 6.31. The maximum absolute atomic E-state index is 6.31. The van der Waals surface area contributed by atoms with E-state index < -0.39 is 0 Å². The normalized spacial score (nSPS) is 26.6. The standard InChI is InChI=1S/C13H18ClN/c1-9-3-4-12(13(14)7-9)11-5-6-15-8-10(11)2/h3-4,7,10-11,15H,5-6,8H2,1-2H3/t10-,11+/m1/s1. The van der Waals surface area contributed by atoms with Gasteiger partial charge in [-0.2, -0.15) is 0 Å². The van der Waals surface area contributed by atoms with Gasteiger partial charge in [-0.1, -0.05) is 30.7 Å². The Kier molecular flexibility index (Phi) is 3.32. The molecule has 0 aliphatic carbocycles. The first-order chi connectivity index (χ1) is 7.18. The average molecular weight is 224 g/mol. The van der Waals surface area contributed by atoms with Gasteiger partial charge < -0.3 is 5.32 Å². The van der Waals surface area contributed by atoms with E-state index in [4.69, 9.17) is 11.6 Å². The maximum atomic E-state index is 6.31. The smallest absolute Gasteiger partial charge is 0.0443 e. The van der Waals surface area contributed by atoms with E-state index in [0.29, 0.717) is 11.8 Å². The summed E-state index contributed by atoms with van der Waals surface area (Å²) in [4.78, 5) is 0. The summed E-state index contributed by atoms with van der Waals surface area (Å²) in [6.45, 7) is 6.60. The topological polar surface area (TPSA) is 12.0 Å². The molecule has 0 radical (unpaired) electrons. The lowest BCUT2D eigenvalue weighted by molar-refractivity contribution is 0.349. The first-order valence-electron chi connectivity index (χ1n) is 5.65. The van der Waals surface area contributed by atoms with Crippen LogP contribution in [0.25, 0.3) is 0 Å². The lowest BCUT2D eigenvalue weighted by Gasteiger charge is -2.30. The minimum atomic E-state index is 0.624. The van der Waals surface area contributed by atoms with Gasteiger partial charge in [-0.05, 0) is 55.5 Å². The Labute approximate surface area is 96.8 Å². The van der Waals surface area contributed by atoms with Crippen molar-refractivity contribution in [1.29, 1.82) is 0 Å². The van der Waals surface area contributed by atoms with Crippen LogP contribution in [0.5, 0.6) is 0 Å². The summed E-state index contributed by atoms with van der Waals surface area (Å²) in [6.07, 6.45) is 1.20. The van der Waals surface area contributed by atoms with Gasteiger partial charge in [0.25, 0.3) is 0 Å². The van der Waals surface area contributed by atoms with Crippen molar-refractivity contribution in [3.8, 4) is 0 Å². The molecule has 1 heterocycles. The van der Waals surface area contributed by atoms with Gasteiger partial charge in [-0.15, -0.1) is 0 Å². The second-order valence-corrected chi connectivity index (χ2v) is 5.01. The quantitative estimate of drug-likeness (QED) is 0.770. The zero-order valence-electron chi connectivity index (χ0n) is 9.39. The molecule has 0 unspecified atom stereocenters. The van der Waals surface area contributed by atoms with Gasteiger partial charge >= 0.3 is 0 Å². The van der Waals surface area contributed by atoms with Gasteiger partial charge in [0.2, 0.25) is 0 Å². The van der Waals surface area contributed by atoms with Gasteiger partial charge in [0.05, 0.1) is 0 Å². The van der Waals surface area contributed by atoms with Crippen molar-refractivity contribution < 1.29 is 0 Å². The summed E-state index contributed by atoms with van der Waals surface area (Å²) in [5, 5.41) is 4.36. The second kappa shape index (κ2) is 4.54. The number of rotatable bonds is 1. The van der Waals surface area contributed by atoms with Crippen LogP contribution in [0.2, 0.25) is 5.02 Å². The molecular formula is C13H18ClN. The number of halogens is 1. The van der Waals surface area contributed by atoms with Gasteiger partial charge in [0.1, 0.15) is 0 Å². The maximum Gasteiger partial charge on any atom is 0.0443 e. The molecule has 1 nitrogen and oxygen atoms in total. The van der Waals surface area contributed by atoms with Crippen LogP contribution in [0.1, 0.15) is 30.4 Å². The number of piperidine rings is 1. The van der Waals surface area contributed by atoms with Gasteiger partial charge in [-0.3, -0.25) is 0 Å². The van der Waals surface area contributed by atoms with Crippen molar-refractivity contribution in [2.24, 2.45) is 5.92 Å². The third-order valence-corrected chi connectivity index (χ3v) is 3.67. The van der Waals surface area contributed by atoms with Crippen molar-refractivity contribution in [2.45, 2.75) is 26.2 Å². The minimum absolute atomic E-state index is 0.624. The molecule has 1 aliphatic heterocycles. The zero-order valence-corrected chi connectivity index (χ0v) is 10.1. The second-order valence-electron chi connectivity index (χ2n) is 4.60. The number of hydrogen-bond acceptors (Lipinski definition) is 1. The molecule has 82 valence electrons. The highest BCUT2D eigenvalue weighted by Crippen LogP contribution is 2.34. The molecule has 1 aromatic carbocycles. The van der Waals surface area contributed by atoms with Crippen LogP contribution in [0.15, 0.2) is 18.2 Å². The Hall–Kier alpha value is -0.530. The Morgan fingerprint density at radius 1 is 1.40 bits per heavy atom. The third kappa shape index (κ3) is 2.35. The fourth-order valence-electron chi connectivity index (χ4n) is 2.41. The van der Waals surface area contributed by atoms with Gasteiger partial charge in [-0.25, -0.2) is 0 Å². The molecule has 0 saturated carbocycles. The van der Waals surface area contributed by atoms with Crippen LogP contribution in [-0.2, 0) is 0 Å². The molecule has 0 amide bonds. The summed E-state index contributed by atoms with van der Waals surface area (Å²) in [5.74, 6) is 1.30. The molecule has 1 aliphatic rings. The molecule has 15 heavy (non-hydrogen) atoms. The highest BCUT2D eigenvalue weighted by atomic mass is 35.5. The number of aryl methyl sites for hydroxylation is 1. The van der Waals surface area contributed by atoms with Crippen molar-refractivity contribution in [1.82, 2.24) is 5.32 Å². The van der Waals surface area contributed by atoms with Crippen LogP contribution in [0.4, 0.5) is 0 Å². The molecule has 1 saturated heterocycles. The first kappa shape index (κ1) is 11.0. The Balaban J connectivity index is 2.27. The molecule has 0 spiro atoms. The molecule has 2 heteroatoms. The highest BCUT2D eigenvalue weighted by Gasteiger charge is 2.24. The Morgan fingerprint density at radius 2 is 2.20 bits per heavy atom. The van der Waals surface area contributed by atoms with Crippen LogP contribution in [-0.4, -0.2) is 13.1 Å². The summed E-state index contributed by atoms with van der Waals surface area (Å²) < 4.78 is 0. The molecule has 0 bridgehead atoms. The molecule has 1 N–H and O–H groups in total. The number of hydrogen-bond donors (Lipinski definition) is 1. The fourth-order valence-corrected chi connectivity index (χ4v) is 2.78. The van der Waals surface area contributed by atoms with Crippen LogP contribution in [0.3, 0.4) is 0 Å². The fraction of sp³-hybridized carbons (Fsp3) is 0.538. The lowest BCUT2D eigenvalue weighted by Crippen LogP contribution is -2.33. The van der Waals surface area contributed by atoms with E-state index in [1.165, 1.54) is 17.5 Å². The molecule has 0 aromatic heterocycles. The van der Waals surface area contributed by atoms with Crippen molar-refractivity contribution >= 4 is 11.6 Å². The van der Waals surface area contributed by atoms with E-state index in [0.717, 1.165) is 18.1 Å². The summed E-state index contributed by atoms with van der Waals surface area (Å²) in [6, 6.07) is 6.44. The van der Waals surface area contributed by atoms with E-state index in [1.807, 2.05) is 0 Å². The molecule has 1 aromatic rings. The predicted octanol–water partition coefficient (Wildman–Crippen LogP) is 3.36. The zero-order chi connectivity index (χ0) is 10.8. The lowest BCUT2D eigenvalue weighted by atomic mass is 9.82. The van der Waals surface area contributed by atoms with Crippen LogP contribution in [0, 0.1) is 12.8 Å². The van der Waals surface area contributed by atoms with Crippen molar-refractivity contribution in [3.63, 3.8) is 0 Å². The molecule has 1 fully saturated rings. The third-order valence-electron chi connectivity index (χ3n) is 3.34. The molecule has 2 rings (SSSR count). The minimum Gasteiger partial charge on any atom is -0.316 e. The molecular weight excluding hydrogens is 206 g/mol. The summed E-state index contributed by atoms with van der Waals surface area (Å²) >= 11 is 6.31. The van der Waals surface area contributed by atoms with E-state index in [1.54, 1.807) is 0 Å². The van der Waals surface area contributed by atoms with E-state index >= 15 is 0 Å². The Morgan fingerprint density at radius 3 is 2.87 bits per heavy atom. The van der Waals surface area contributed by atoms with Crippen LogP contribution < -0.4 is 5.32 Å². The summed E-state index contributed by atoms with van der Waals surface area (Å²) in [5.41, 5.74) is 2.57. The number of nitrogens with one attached hydrogen (secondary N) is 1. The number of benzene rings is 1. The first-order valence-corrected chi connectivity index (χ1v) is 6.03. The van der Waals surface area contributed by atoms with E-state index in [-0.39, 0.29) is 0 Å². The predicted molar refractivity (Wildman–Crippen MR) is 65.6 cm³/mol. The molecule has 2 atom stereocenters. The Bertz CT molecular complexity index is 348. The van der Waals surface area contributed by atoms with Crippen molar-refractivity contribution in [2.75, 3.05) is 13.1 Å². The largest absolute Gasteiger partial charge is 0.316 e. The van der Waals surface area contributed by atoms with E-state index in [2.05, 4.69) is 37.4 Å².